The van der Waals surface area contributed by atoms with Crippen molar-refractivity contribution in [3.8, 4) is 0 Å². The number of anilines is 2. The number of likely N-dealkylation sites (tertiary alicyclic amines) is 1. The molecule has 3 amide bonds. The largest absolute Gasteiger partial charge is 0.342 e. The molecule has 204 valence electrons. The molecule has 4 rings (SSSR count). The van der Waals surface area contributed by atoms with E-state index in [0.29, 0.717) is 44.7 Å². The van der Waals surface area contributed by atoms with Gasteiger partial charge in [0.2, 0.25) is 27.7 Å². The van der Waals surface area contributed by atoms with E-state index >= 15 is 0 Å². The number of amides is 3. The van der Waals surface area contributed by atoms with Crippen LogP contribution in [0.3, 0.4) is 0 Å². The molecular formula is C28H36N4O5S. The Morgan fingerprint density at radius 2 is 1.63 bits per heavy atom. The Bertz CT molecular complexity index is 1250. The van der Waals surface area contributed by atoms with E-state index in [0.717, 1.165) is 24.1 Å². The smallest absolute Gasteiger partial charge is 0.240 e. The lowest BCUT2D eigenvalue weighted by atomic mass is 9.94. The van der Waals surface area contributed by atoms with Crippen molar-refractivity contribution in [2.75, 3.05) is 36.4 Å². The van der Waals surface area contributed by atoms with E-state index in [1.54, 1.807) is 21.9 Å². The minimum atomic E-state index is -3.57. The highest BCUT2D eigenvalue weighted by Crippen LogP contribution is 2.28. The highest BCUT2D eigenvalue weighted by molar-refractivity contribution is 7.89. The molecule has 9 nitrogen and oxygen atoms in total. The van der Waals surface area contributed by atoms with Crippen LogP contribution >= 0.6 is 0 Å². The van der Waals surface area contributed by atoms with E-state index in [4.69, 9.17) is 0 Å². The summed E-state index contributed by atoms with van der Waals surface area (Å²) in [4.78, 5) is 42.1. The number of carbonyl (C=O) groups is 3. The first kappa shape index (κ1) is 27.8. The number of benzene rings is 2. The third-order valence-corrected chi connectivity index (χ3v) is 8.73. The maximum Gasteiger partial charge on any atom is 0.240 e. The van der Waals surface area contributed by atoms with Crippen LogP contribution in [0.4, 0.5) is 11.4 Å². The third kappa shape index (κ3) is 6.60. The van der Waals surface area contributed by atoms with Gasteiger partial charge >= 0.3 is 0 Å². The first-order valence-electron chi connectivity index (χ1n) is 13.2. The maximum absolute atomic E-state index is 13.1. The van der Waals surface area contributed by atoms with Crippen LogP contribution < -0.4 is 14.9 Å². The lowest BCUT2D eigenvalue weighted by molar-refractivity contribution is -0.138. The van der Waals surface area contributed by atoms with Crippen molar-refractivity contribution in [3.05, 3.63) is 54.1 Å². The summed E-state index contributed by atoms with van der Waals surface area (Å²) in [5, 5.41) is 2.87. The van der Waals surface area contributed by atoms with Gasteiger partial charge in [0.05, 0.1) is 10.8 Å². The van der Waals surface area contributed by atoms with Gasteiger partial charge in [-0.2, -0.15) is 0 Å². The van der Waals surface area contributed by atoms with Gasteiger partial charge in [-0.25, -0.2) is 13.1 Å². The van der Waals surface area contributed by atoms with Crippen molar-refractivity contribution in [2.45, 2.75) is 50.8 Å². The zero-order valence-corrected chi connectivity index (χ0v) is 22.8. The summed E-state index contributed by atoms with van der Waals surface area (Å²) in [5.41, 5.74) is 2.45. The Hall–Kier alpha value is -3.24. The molecular weight excluding hydrogens is 504 g/mol. The fourth-order valence-corrected chi connectivity index (χ4v) is 5.97. The van der Waals surface area contributed by atoms with E-state index in [2.05, 4.69) is 10.0 Å². The first-order chi connectivity index (χ1) is 18.2. The third-order valence-electron chi connectivity index (χ3n) is 7.25. The lowest BCUT2D eigenvalue weighted by Crippen LogP contribution is -2.44. The van der Waals surface area contributed by atoms with Gasteiger partial charge in [-0.15, -0.1) is 0 Å². The number of aryl methyl sites for hydroxylation is 1. The normalized spacial score (nSPS) is 18.6. The summed E-state index contributed by atoms with van der Waals surface area (Å²) in [6.45, 7) is 5.68. The number of piperidine rings is 1. The van der Waals surface area contributed by atoms with Gasteiger partial charge in [-0.1, -0.05) is 31.0 Å². The summed E-state index contributed by atoms with van der Waals surface area (Å²) >= 11 is 0. The zero-order chi connectivity index (χ0) is 27.3. The molecule has 2 aliphatic heterocycles. The number of nitrogens with one attached hydrogen (secondary N) is 2. The van der Waals surface area contributed by atoms with Crippen LogP contribution in [0.2, 0.25) is 0 Å². The topological polar surface area (TPSA) is 116 Å². The summed E-state index contributed by atoms with van der Waals surface area (Å²) in [6, 6.07) is 13.8. The molecule has 0 aliphatic carbocycles. The Kier molecular flexibility index (Phi) is 8.83. The molecule has 0 spiro atoms. The first-order valence-corrected chi connectivity index (χ1v) is 14.7. The van der Waals surface area contributed by atoms with Gasteiger partial charge in [0.1, 0.15) is 0 Å². The second kappa shape index (κ2) is 12.1. The minimum absolute atomic E-state index is 0.0313. The molecule has 0 bridgehead atoms. The van der Waals surface area contributed by atoms with Gasteiger partial charge < -0.3 is 15.1 Å². The van der Waals surface area contributed by atoms with Crippen LogP contribution in [0.25, 0.3) is 0 Å². The van der Waals surface area contributed by atoms with Crippen molar-refractivity contribution in [2.24, 2.45) is 11.8 Å². The average Bonchev–Trinajstić information content (AvgIpc) is 3.30. The molecule has 2 aromatic carbocycles. The number of hydrogen-bond donors (Lipinski definition) is 2. The summed E-state index contributed by atoms with van der Waals surface area (Å²) < 4.78 is 27.2. The number of rotatable bonds is 9. The van der Waals surface area contributed by atoms with E-state index in [9.17, 15) is 22.8 Å². The van der Waals surface area contributed by atoms with Crippen molar-refractivity contribution in [3.63, 3.8) is 0 Å². The van der Waals surface area contributed by atoms with E-state index in [-0.39, 0.29) is 40.9 Å². The van der Waals surface area contributed by atoms with Crippen LogP contribution in [-0.2, 0) is 24.4 Å². The number of sulfonamides is 1. The molecule has 0 aromatic heterocycles. The molecule has 2 aromatic rings. The second-order valence-electron chi connectivity index (χ2n) is 10.1. The van der Waals surface area contributed by atoms with Gasteiger partial charge in [0, 0.05) is 49.9 Å². The van der Waals surface area contributed by atoms with Gasteiger partial charge in [0.25, 0.3) is 0 Å². The average molecular weight is 541 g/mol. The molecule has 2 aliphatic rings. The quantitative estimate of drug-likeness (QED) is 0.474. The standard InChI is InChI=1S/C28H36N4O5S/c1-3-4-15-29-38(36,37)25-11-7-23(8-12-25)30-27(34)21-13-16-31(17-14-21)28(35)22-18-26(33)32(19-22)24-9-5-20(2)6-10-24/h5-12,21-22,29H,3-4,13-19H2,1-2H3,(H,30,34). The number of carbonyl (C=O) groups excluding carboxylic acids is 3. The van der Waals surface area contributed by atoms with Crippen molar-refractivity contribution in [1.29, 1.82) is 0 Å². The minimum Gasteiger partial charge on any atom is -0.342 e. The predicted octanol–water partition coefficient (Wildman–Crippen LogP) is 3.30. The lowest BCUT2D eigenvalue weighted by Gasteiger charge is -2.33. The van der Waals surface area contributed by atoms with Crippen LogP contribution in [0.15, 0.2) is 53.4 Å². The predicted molar refractivity (Wildman–Crippen MR) is 146 cm³/mol. The maximum atomic E-state index is 13.1. The number of hydrogen-bond acceptors (Lipinski definition) is 5. The van der Waals surface area contributed by atoms with Crippen molar-refractivity contribution < 1.29 is 22.8 Å². The van der Waals surface area contributed by atoms with Gasteiger partial charge in [-0.05, 0) is 62.6 Å². The van der Waals surface area contributed by atoms with Gasteiger partial charge in [-0.3, -0.25) is 14.4 Å². The molecule has 1 atom stereocenters. The number of nitrogens with zero attached hydrogens (tertiary/aromatic N) is 2. The van der Waals surface area contributed by atoms with Crippen molar-refractivity contribution in [1.82, 2.24) is 9.62 Å². The van der Waals surface area contributed by atoms with E-state index in [1.807, 2.05) is 38.1 Å². The molecule has 10 heteroatoms. The molecule has 38 heavy (non-hydrogen) atoms. The number of unbranched alkanes of at least 4 members (excludes halogenated alkanes) is 1. The van der Waals surface area contributed by atoms with E-state index in [1.165, 1.54) is 12.1 Å². The Morgan fingerprint density at radius 3 is 2.26 bits per heavy atom. The van der Waals surface area contributed by atoms with Gasteiger partial charge in [0.15, 0.2) is 0 Å². The van der Waals surface area contributed by atoms with E-state index < -0.39 is 10.0 Å². The molecule has 2 saturated heterocycles. The second-order valence-corrected chi connectivity index (χ2v) is 11.9. The van der Waals surface area contributed by atoms with Crippen LogP contribution in [0.5, 0.6) is 0 Å². The van der Waals surface area contributed by atoms with Crippen LogP contribution in [-0.4, -0.2) is 57.2 Å². The molecule has 2 fully saturated rings. The molecule has 1 unspecified atom stereocenters. The Labute approximate surface area is 224 Å². The molecule has 0 saturated carbocycles. The Morgan fingerprint density at radius 1 is 0.974 bits per heavy atom. The van der Waals surface area contributed by atoms with Crippen molar-refractivity contribution >= 4 is 39.1 Å². The fraction of sp³-hybridized carbons (Fsp3) is 0.464. The zero-order valence-electron chi connectivity index (χ0n) is 22.0. The summed E-state index contributed by atoms with van der Waals surface area (Å²) in [7, 11) is -3.57. The monoisotopic (exact) mass is 540 g/mol. The summed E-state index contributed by atoms with van der Waals surface area (Å²) in [6.07, 6.45) is 2.93. The molecule has 2 heterocycles. The van der Waals surface area contributed by atoms with Crippen LogP contribution in [0, 0.1) is 18.8 Å². The highest BCUT2D eigenvalue weighted by atomic mass is 32.2. The molecule has 0 radical (unpaired) electrons. The fourth-order valence-electron chi connectivity index (χ4n) is 4.90. The molecule has 2 N–H and O–H groups in total. The Balaban J connectivity index is 1.26. The SMILES string of the molecule is CCCCNS(=O)(=O)c1ccc(NC(=O)C2CCN(C(=O)C3CC(=O)N(c4ccc(C)cc4)C3)CC2)cc1. The highest BCUT2D eigenvalue weighted by Gasteiger charge is 2.38. The van der Waals surface area contributed by atoms with Crippen LogP contribution in [0.1, 0.15) is 44.6 Å². The summed E-state index contributed by atoms with van der Waals surface area (Å²) in [5.74, 6) is -0.837.